The average Bonchev–Trinajstić information content (AvgIpc) is 2.35. The van der Waals surface area contributed by atoms with E-state index in [0.29, 0.717) is 5.02 Å². The van der Waals surface area contributed by atoms with Crippen molar-refractivity contribution in [2.45, 2.75) is 38.9 Å². The topological polar surface area (TPSA) is 18.5 Å². The van der Waals surface area contributed by atoms with Crippen molar-refractivity contribution < 1.29 is 13.7 Å². The van der Waals surface area contributed by atoms with E-state index in [9.17, 15) is 4.39 Å². The van der Waals surface area contributed by atoms with Crippen LogP contribution in [0.3, 0.4) is 0 Å². The molecule has 0 aromatic heterocycles. The lowest BCUT2D eigenvalue weighted by molar-refractivity contribution is 0.00578. The Morgan fingerprint density at radius 1 is 1.12 bits per heavy atom. The van der Waals surface area contributed by atoms with Gasteiger partial charge in [-0.15, -0.1) is 0 Å². The second-order valence-electron chi connectivity index (χ2n) is 5.22. The summed E-state index contributed by atoms with van der Waals surface area (Å²) in [5, 5.41) is 0.323. The zero-order valence-corrected chi connectivity index (χ0v) is 11.1. The third kappa shape index (κ3) is 2.10. The van der Waals surface area contributed by atoms with Gasteiger partial charge < -0.3 is 9.31 Å². The highest BCUT2D eigenvalue weighted by Gasteiger charge is 2.52. The minimum Gasteiger partial charge on any atom is -0.399 e. The molecule has 1 saturated heterocycles. The molecule has 0 bridgehead atoms. The monoisotopic (exact) mass is 256 g/mol. The Morgan fingerprint density at radius 3 is 2.12 bits per heavy atom. The molecule has 5 heteroatoms. The molecule has 0 unspecified atom stereocenters. The summed E-state index contributed by atoms with van der Waals surface area (Å²) in [5.74, 6) is -0.406. The molecular formula is C12H15BClFO2. The fourth-order valence-corrected chi connectivity index (χ4v) is 1.95. The van der Waals surface area contributed by atoms with Crippen LogP contribution in [0.15, 0.2) is 18.2 Å². The predicted octanol–water partition coefficient (Wildman–Crippen LogP) is 2.78. The SMILES string of the molecule is CC1(C)OB(c2c(F)cccc2Cl)OC1(C)C. The summed E-state index contributed by atoms with van der Waals surface area (Å²) in [7, 11) is -0.756. The molecule has 17 heavy (non-hydrogen) atoms. The summed E-state index contributed by atoms with van der Waals surface area (Å²) < 4.78 is 25.3. The quantitative estimate of drug-likeness (QED) is 0.719. The first-order valence-corrected chi connectivity index (χ1v) is 5.92. The van der Waals surface area contributed by atoms with Crippen molar-refractivity contribution >= 4 is 24.2 Å². The maximum Gasteiger partial charge on any atom is 0.499 e. The predicted molar refractivity (Wildman–Crippen MR) is 67.1 cm³/mol. The standard InChI is InChI=1S/C12H15BClFO2/c1-11(2)12(3,4)17-13(16-11)10-8(14)6-5-7-9(10)15/h5-7H,1-4H3. The molecule has 0 aliphatic carbocycles. The molecule has 2 nitrogen and oxygen atoms in total. The summed E-state index contributed by atoms with van der Waals surface area (Å²) in [6.07, 6.45) is 0. The Kier molecular flexibility index (Phi) is 3.01. The van der Waals surface area contributed by atoms with E-state index in [4.69, 9.17) is 20.9 Å². The van der Waals surface area contributed by atoms with Gasteiger partial charge in [0.25, 0.3) is 0 Å². The highest BCUT2D eigenvalue weighted by Crippen LogP contribution is 2.37. The lowest BCUT2D eigenvalue weighted by atomic mass is 9.78. The van der Waals surface area contributed by atoms with E-state index in [2.05, 4.69) is 0 Å². The van der Waals surface area contributed by atoms with Crippen LogP contribution in [0.5, 0.6) is 0 Å². The minimum atomic E-state index is -0.756. The number of hydrogen-bond acceptors (Lipinski definition) is 2. The number of hydrogen-bond donors (Lipinski definition) is 0. The van der Waals surface area contributed by atoms with Crippen molar-refractivity contribution in [2.75, 3.05) is 0 Å². The van der Waals surface area contributed by atoms with Gasteiger partial charge in [0.2, 0.25) is 0 Å². The van der Waals surface area contributed by atoms with Gasteiger partial charge in [-0.25, -0.2) is 4.39 Å². The van der Waals surface area contributed by atoms with Gasteiger partial charge in [-0.1, -0.05) is 17.7 Å². The first kappa shape index (κ1) is 12.9. The first-order chi connectivity index (χ1) is 7.74. The van der Waals surface area contributed by atoms with Crippen LogP contribution < -0.4 is 5.46 Å². The van der Waals surface area contributed by atoms with Crippen molar-refractivity contribution in [1.82, 2.24) is 0 Å². The van der Waals surface area contributed by atoms with Gasteiger partial charge in [0.15, 0.2) is 0 Å². The first-order valence-electron chi connectivity index (χ1n) is 5.54. The molecule has 2 rings (SSSR count). The summed E-state index contributed by atoms with van der Waals surface area (Å²) in [4.78, 5) is 0. The zero-order valence-electron chi connectivity index (χ0n) is 10.4. The minimum absolute atomic E-state index is 0.271. The Balaban J connectivity index is 2.39. The van der Waals surface area contributed by atoms with Gasteiger partial charge in [-0.2, -0.15) is 0 Å². The maximum absolute atomic E-state index is 13.8. The van der Waals surface area contributed by atoms with Crippen molar-refractivity contribution in [3.05, 3.63) is 29.0 Å². The van der Waals surface area contributed by atoms with E-state index in [-0.39, 0.29) is 5.46 Å². The third-order valence-corrected chi connectivity index (χ3v) is 3.82. The summed E-state index contributed by atoms with van der Waals surface area (Å²) >= 11 is 6.00. The normalized spacial score (nSPS) is 21.9. The van der Waals surface area contributed by atoms with Crippen LogP contribution in [0.2, 0.25) is 5.02 Å². The van der Waals surface area contributed by atoms with E-state index in [1.807, 2.05) is 27.7 Å². The molecule has 0 radical (unpaired) electrons. The fraction of sp³-hybridized carbons (Fsp3) is 0.500. The molecule has 1 aliphatic heterocycles. The van der Waals surface area contributed by atoms with Crippen LogP contribution in [-0.4, -0.2) is 18.3 Å². The van der Waals surface area contributed by atoms with E-state index in [1.165, 1.54) is 6.07 Å². The van der Waals surface area contributed by atoms with Gasteiger partial charge in [-0.05, 0) is 39.8 Å². The number of halogens is 2. The molecule has 1 aromatic carbocycles. The van der Waals surface area contributed by atoms with Crippen molar-refractivity contribution in [3.63, 3.8) is 0 Å². The lowest BCUT2D eigenvalue weighted by Crippen LogP contribution is -2.41. The van der Waals surface area contributed by atoms with E-state index < -0.39 is 24.1 Å². The van der Waals surface area contributed by atoms with Gasteiger partial charge in [-0.3, -0.25) is 0 Å². The molecular weight excluding hydrogens is 241 g/mol. The molecule has 0 spiro atoms. The summed E-state index contributed by atoms with van der Waals surface area (Å²) in [6.45, 7) is 7.67. The molecule has 1 aliphatic rings. The molecule has 1 fully saturated rings. The molecule has 1 heterocycles. The van der Waals surface area contributed by atoms with Gasteiger partial charge >= 0.3 is 7.12 Å². The van der Waals surface area contributed by atoms with Crippen LogP contribution in [0.4, 0.5) is 4.39 Å². The van der Waals surface area contributed by atoms with Crippen LogP contribution in [-0.2, 0) is 9.31 Å². The van der Waals surface area contributed by atoms with Crippen molar-refractivity contribution in [3.8, 4) is 0 Å². The number of benzene rings is 1. The van der Waals surface area contributed by atoms with Crippen LogP contribution in [0, 0.1) is 5.82 Å². The molecule has 0 atom stereocenters. The van der Waals surface area contributed by atoms with E-state index >= 15 is 0 Å². The second kappa shape index (κ2) is 3.97. The van der Waals surface area contributed by atoms with Gasteiger partial charge in [0, 0.05) is 10.5 Å². The molecule has 0 amide bonds. The summed E-state index contributed by atoms with van der Waals surface area (Å²) in [6, 6.07) is 4.55. The molecule has 0 N–H and O–H groups in total. The Bertz CT molecular complexity index is 412. The third-order valence-electron chi connectivity index (χ3n) is 3.49. The molecule has 0 saturated carbocycles. The average molecular weight is 257 g/mol. The largest absolute Gasteiger partial charge is 0.499 e. The Labute approximate surface area is 106 Å². The van der Waals surface area contributed by atoms with E-state index in [1.54, 1.807) is 12.1 Å². The van der Waals surface area contributed by atoms with Crippen molar-refractivity contribution in [1.29, 1.82) is 0 Å². The molecule has 92 valence electrons. The lowest BCUT2D eigenvalue weighted by Gasteiger charge is -2.32. The van der Waals surface area contributed by atoms with Crippen LogP contribution >= 0.6 is 11.6 Å². The Morgan fingerprint density at radius 2 is 1.65 bits per heavy atom. The highest BCUT2D eigenvalue weighted by atomic mass is 35.5. The summed E-state index contributed by atoms with van der Waals surface area (Å²) in [5.41, 5.74) is -0.722. The van der Waals surface area contributed by atoms with Crippen LogP contribution in [0.25, 0.3) is 0 Å². The maximum atomic E-state index is 13.8. The zero-order chi connectivity index (χ0) is 12.8. The highest BCUT2D eigenvalue weighted by molar-refractivity contribution is 6.65. The second-order valence-corrected chi connectivity index (χ2v) is 5.63. The smallest absolute Gasteiger partial charge is 0.399 e. The Hall–Kier alpha value is -0.575. The van der Waals surface area contributed by atoms with E-state index in [0.717, 1.165) is 0 Å². The van der Waals surface area contributed by atoms with Gasteiger partial charge in [0.1, 0.15) is 5.82 Å². The van der Waals surface area contributed by atoms with Crippen molar-refractivity contribution in [2.24, 2.45) is 0 Å². The molecule has 1 aromatic rings. The number of rotatable bonds is 1. The van der Waals surface area contributed by atoms with Gasteiger partial charge in [0.05, 0.1) is 11.2 Å². The van der Waals surface area contributed by atoms with Crippen LogP contribution in [0.1, 0.15) is 27.7 Å². The fourth-order valence-electron chi connectivity index (χ4n) is 1.70.